The lowest BCUT2D eigenvalue weighted by Gasteiger charge is -2.26. The van der Waals surface area contributed by atoms with Crippen LogP contribution in [0.2, 0.25) is 0 Å². The molecule has 0 bridgehead atoms. The summed E-state index contributed by atoms with van der Waals surface area (Å²) in [6, 6.07) is 12.2. The lowest BCUT2D eigenvalue weighted by atomic mass is 9.80. The second-order valence-electron chi connectivity index (χ2n) is 9.99. The van der Waals surface area contributed by atoms with Crippen molar-refractivity contribution in [3.8, 4) is 5.75 Å². The van der Waals surface area contributed by atoms with Crippen LogP contribution in [0.5, 0.6) is 5.75 Å². The van der Waals surface area contributed by atoms with Crippen LogP contribution in [-0.2, 0) is 0 Å². The molecule has 0 aromatic heterocycles. The quantitative estimate of drug-likeness (QED) is 0.338. The van der Waals surface area contributed by atoms with E-state index in [0.717, 1.165) is 51.2 Å². The Kier molecular flexibility index (Phi) is 12.5. The van der Waals surface area contributed by atoms with Gasteiger partial charge in [0.2, 0.25) is 0 Å². The zero-order valence-corrected chi connectivity index (χ0v) is 23.6. The van der Waals surface area contributed by atoms with Gasteiger partial charge in [0, 0.05) is 24.0 Å². The minimum Gasteiger partial charge on any atom is -0.493 e. The summed E-state index contributed by atoms with van der Waals surface area (Å²) in [4.78, 5) is 4.41. The largest absolute Gasteiger partial charge is 0.493 e. The average Bonchev–Trinajstić information content (AvgIpc) is 2.90. The summed E-state index contributed by atoms with van der Waals surface area (Å²) < 4.78 is 5.68. The standard InChI is InChI=1S/C23H28N2O.C10H20/c1-7-24-22-14-16(3)21(13-17(22)4)18(5)15-25-19(6)20-11-9-10-12-23(20)26-8-2;1-3-9(2)10-7-5-4-6-8-10/h7,9-14,25H,5-6,8,15H2,1-4H3;9-10H,3-8H2,1-2H3. The molecule has 3 nitrogen and oxygen atoms in total. The van der Waals surface area contributed by atoms with E-state index in [0.29, 0.717) is 13.2 Å². The number of nitrogens with zero attached hydrogens (tertiary/aromatic N) is 1. The highest BCUT2D eigenvalue weighted by Crippen LogP contribution is 2.31. The summed E-state index contributed by atoms with van der Waals surface area (Å²) >= 11 is 0. The van der Waals surface area contributed by atoms with Crippen molar-refractivity contribution in [2.24, 2.45) is 16.8 Å². The van der Waals surface area contributed by atoms with E-state index < -0.39 is 0 Å². The van der Waals surface area contributed by atoms with Crippen molar-refractivity contribution in [3.63, 3.8) is 0 Å². The van der Waals surface area contributed by atoms with Crippen molar-refractivity contribution in [1.29, 1.82) is 0 Å². The van der Waals surface area contributed by atoms with Crippen molar-refractivity contribution >= 4 is 23.2 Å². The fourth-order valence-corrected chi connectivity index (χ4v) is 4.90. The van der Waals surface area contributed by atoms with Gasteiger partial charge in [0.15, 0.2) is 0 Å². The van der Waals surface area contributed by atoms with Crippen LogP contribution >= 0.6 is 0 Å². The SMILES string of the molecule is C=C(CNC(=C)c1ccccc1OCC)c1cc(C)c(N=CC)cc1C.CCC(C)C1CCCCC1. The van der Waals surface area contributed by atoms with Crippen molar-refractivity contribution in [2.75, 3.05) is 13.2 Å². The van der Waals surface area contributed by atoms with Crippen LogP contribution in [0.1, 0.15) is 88.5 Å². The van der Waals surface area contributed by atoms with Gasteiger partial charge in [0.1, 0.15) is 5.75 Å². The maximum absolute atomic E-state index is 5.68. The molecule has 1 atom stereocenters. The Bertz CT molecular complexity index is 1010. The number of para-hydroxylation sites is 1. The zero-order valence-electron chi connectivity index (χ0n) is 23.6. The van der Waals surface area contributed by atoms with Gasteiger partial charge in [-0.05, 0) is 86.1 Å². The van der Waals surface area contributed by atoms with E-state index in [-0.39, 0.29) is 0 Å². The summed E-state index contributed by atoms with van der Waals surface area (Å²) in [6.45, 7) is 22.5. The molecule has 1 fully saturated rings. The molecule has 3 heteroatoms. The van der Waals surface area contributed by atoms with Crippen LogP contribution in [0.15, 0.2) is 54.5 Å². The molecule has 1 saturated carbocycles. The minimum atomic E-state index is 0.621. The molecule has 1 unspecified atom stereocenters. The molecule has 36 heavy (non-hydrogen) atoms. The predicted molar refractivity (Wildman–Crippen MR) is 159 cm³/mol. The molecular weight excluding hydrogens is 440 g/mol. The van der Waals surface area contributed by atoms with E-state index in [9.17, 15) is 0 Å². The summed E-state index contributed by atoms with van der Waals surface area (Å²) in [6.07, 6.45) is 10.7. The molecule has 1 aliphatic rings. The van der Waals surface area contributed by atoms with Crippen molar-refractivity contribution in [1.82, 2.24) is 5.32 Å². The Hall–Kier alpha value is -2.81. The second kappa shape index (κ2) is 15.3. The number of nitrogens with one attached hydrogen (secondary N) is 1. The zero-order chi connectivity index (χ0) is 26.5. The summed E-state index contributed by atoms with van der Waals surface area (Å²) in [5.41, 5.74) is 7.29. The normalized spacial score (nSPS) is 14.6. The van der Waals surface area contributed by atoms with Crippen LogP contribution in [-0.4, -0.2) is 19.4 Å². The Morgan fingerprint density at radius 3 is 2.39 bits per heavy atom. The highest BCUT2D eigenvalue weighted by molar-refractivity contribution is 5.74. The Morgan fingerprint density at radius 1 is 1.06 bits per heavy atom. The van der Waals surface area contributed by atoms with Crippen LogP contribution in [0, 0.1) is 25.7 Å². The van der Waals surface area contributed by atoms with Crippen molar-refractivity contribution in [2.45, 2.75) is 80.1 Å². The summed E-state index contributed by atoms with van der Waals surface area (Å²) in [7, 11) is 0. The van der Waals surface area contributed by atoms with Crippen LogP contribution < -0.4 is 10.1 Å². The van der Waals surface area contributed by atoms with Crippen molar-refractivity contribution in [3.05, 3.63) is 71.8 Å². The number of benzene rings is 2. The second-order valence-corrected chi connectivity index (χ2v) is 9.99. The average molecular weight is 489 g/mol. The van der Waals surface area contributed by atoms with Gasteiger partial charge in [-0.25, -0.2) is 0 Å². The van der Waals surface area contributed by atoms with Gasteiger partial charge >= 0.3 is 0 Å². The van der Waals surface area contributed by atoms with Crippen molar-refractivity contribution < 1.29 is 4.74 Å². The molecule has 196 valence electrons. The number of aliphatic imine (C=N–C) groups is 1. The van der Waals surface area contributed by atoms with Crippen LogP contribution in [0.3, 0.4) is 0 Å². The van der Waals surface area contributed by atoms with Crippen LogP contribution in [0.25, 0.3) is 11.3 Å². The Balaban J connectivity index is 0.000000380. The molecule has 0 spiro atoms. The fraction of sp³-hybridized carbons (Fsp3) is 0.485. The maximum atomic E-state index is 5.68. The third-order valence-electron chi connectivity index (χ3n) is 7.32. The minimum absolute atomic E-state index is 0.621. The number of aryl methyl sites for hydroxylation is 2. The van der Waals surface area contributed by atoms with E-state index >= 15 is 0 Å². The molecule has 0 heterocycles. The van der Waals surface area contributed by atoms with Gasteiger partial charge in [0.25, 0.3) is 0 Å². The Morgan fingerprint density at radius 2 is 1.75 bits per heavy atom. The molecule has 0 radical (unpaired) electrons. The molecule has 0 aliphatic heterocycles. The van der Waals surface area contributed by atoms with E-state index in [1.165, 1.54) is 44.1 Å². The van der Waals surface area contributed by atoms with Gasteiger partial charge in [-0.2, -0.15) is 0 Å². The lowest BCUT2D eigenvalue weighted by Crippen LogP contribution is -2.15. The highest BCUT2D eigenvalue weighted by Gasteiger charge is 2.18. The smallest absolute Gasteiger partial charge is 0.128 e. The molecule has 1 aliphatic carbocycles. The van der Waals surface area contributed by atoms with Gasteiger partial charge in [-0.3, -0.25) is 4.99 Å². The third kappa shape index (κ3) is 8.69. The first-order valence-corrected chi connectivity index (χ1v) is 13.7. The molecule has 1 N–H and O–H groups in total. The van der Waals surface area contributed by atoms with E-state index in [1.807, 2.05) is 44.3 Å². The van der Waals surface area contributed by atoms with E-state index in [4.69, 9.17) is 4.74 Å². The van der Waals surface area contributed by atoms with Gasteiger partial charge < -0.3 is 10.1 Å². The first-order chi connectivity index (χ1) is 17.3. The number of hydrogen-bond donors (Lipinski definition) is 1. The third-order valence-corrected chi connectivity index (χ3v) is 7.32. The number of ether oxygens (including phenoxy) is 1. The van der Waals surface area contributed by atoms with E-state index in [2.05, 4.69) is 63.3 Å². The maximum Gasteiger partial charge on any atom is 0.128 e. The highest BCUT2D eigenvalue weighted by atomic mass is 16.5. The monoisotopic (exact) mass is 488 g/mol. The van der Waals surface area contributed by atoms with Gasteiger partial charge in [0.05, 0.1) is 12.3 Å². The Labute approximate surface area is 220 Å². The molecule has 0 saturated heterocycles. The summed E-state index contributed by atoms with van der Waals surface area (Å²) in [5.74, 6) is 2.89. The topological polar surface area (TPSA) is 33.6 Å². The van der Waals surface area contributed by atoms with Crippen LogP contribution in [0.4, 0.5) is 5.69 Å². The van der Waals surface area contributed by atoms with Gasteiger partial charge in [-0.1, -0.05) is 77.7 Å². The molecule has 0 amide bonds. The van der Waals surface area contributed by atoms with E-state index in [1.54, 1.807) is 0 Å². The molecule has 3 rings (SSSR count). The molecule has 2 aromatic carbocycles. The van der Waals surface area contributed by atoms with Gasteiger partial charge in [-0.15, -0.1) is 0 Å². The first kappa shape index (κ1) is 29.4. The first-order valence-electron chi connectivity index (χ1n) is 13.7. The number of hydrogen-bond acceptors (Lipinski definition) is 3. The lowest BCUT2D eigenvalue weighted by molar-refractivity contribution is 0.258. The molecule has 2 aromatic rings. The molecular formula is C33H48N2O. The fourth-order valence-electron chi connectivity index (χ4n) is 4.90. The predicted octanol–water partition coefficient (Wildman–Crippen LogP) is 9.31. The number of rotatable bonds is 10. The summed E-state index contributed by atoms with van der Waals surface area (Å²) in [5, 5.41) is 3.38.